The van der Waals surface area contributed by atoms with E-state index in [0.29, 0.717) is 11.5 Å². The van der Waals surface area contributed by atoms with Crippen LogP contribution in [0.15, 0.2) is 24.5 Å². The third-order valence-electron chi connectivity index (χ3n) is 4.54. The summed E-state index contributed by atoms with van der Waals surface area (Å²) in [7, 11) is 0. The molecule has 9 heteroatoms. The maximum Gasteiger partial charge on any atom is 0.353 e. The van der Waals surface area contributed by atoms with Crippen molar-refractivity contribution in [1.82, 2.24) is 9.97 Å². The molecule has 2 heterocycles. The minimum atomic E-state index is -0.561. The van der Waals surface area contributed by atoms with E-state index in [1.165, 1.54) is 24.5 Å². The quantitative estimate of drug-likeness (QED) is 0.599. The normalized spacial score (nSPS) is 17.2. The van der Waals surface area contributed by atoms with Crippen molar-refractivity contribution in [2.24, 2.45) is 0 Å². The van der Waals surface area contributed by atoms with Crippen molar-refractivity contribution in [3.05, 3.63) is 45.5 Å². The fourth-order valence-electron chi connectivity index (χ4n) is 3.25. The third kappa shape index (κ3) is 3.70. The highest BCUT2D eigenvalue weighted by molar-refractivity contribution is 6.31. The Hall–Kier alpha value is -2.48. The van der Waals surface area contributed by atoms with Crippen LogP contribution < -0.4 is 10.2 Å². The average Bonchev–Trinajstić information content (AvgIpc) is 2.64. The summed E-state index contributed by atoms with van der Waals surface area (Å²) in [5.74, 6) is -0.190. The molecule has 0 amide bonds. The molecular formula is C17H19ClFN5O2. The van der Waals surface area contributed by atoms with Crippen molar-refractivity contribution >= 4 is 34.6 Å². The molecule has 1 saturated heterocycles. The SMILES string of the molecule is CCC1CCCCN1c1ncnc(Nc2ccc(F)c(Cl)c2)c1[N+](=O)[O-]. The minimum Gasteiger partial charge on any atom is -0.348 e. The fraction of sp³-hybridized carbons (Fsp3) is 0.412. The maximum atomic E-state index is 13.3. The lowest BCUT2D eigenvalue weighted by atomic mass is 10.00. The van der Waals surface area contributed by atoms with E-state index in [-0.39, 0.29) is 22.6 Å². The summed E-state index contributed by atoms with van der Waals surface area (Å²) in [4.78, 5) is 21.5. The predicted molar refractivity (Wildman–Crippen MR) is 98.7 cm³/mol. The van der Waals surface area contributed by atoms with Gasteiger partial charge in [-0.15, -0.1) is 0 Å². The van der Waals surface area contributed by atoms with Crippen molar-refractivity contribution in [3.63, 3.8) is 0 Å². The van der Waals surface area contributed by atoms with Crippen molar-refractivity contribution in [1.29, 1.82) is 0 Å². The summed E-state index contributed by atoms with van der Waals surface area (Å²) < 4.78 is 13.3. The number of aromatic nitrogens is 2. The molecule has 0 radical (unpaired) electrons. The summed E-state index contributed by atoms with van der Waals surface area (Å²) in [5, 5.41) is 14.6. The molecule has 0 bridgehead atoms. The van der Waals surface area contributed by atoms with Gasteiger partial charge in [-0.1, -0.05) is 18.5 Å². The Bertz CT molecular complexity index is 820. The van der Waals surface area contributed by atoms with Crippen LogP contribution in [0.2, 0.25) is 5.02 Å². The molecule has 1 unspecified atom stereocenters. The second kappa shape index (κ2) is 7.82. The first kappa shape index (κ1) is 18.3. The molecule has 26 heavy (non-hydrogen) atoms. The van der Waals surface area contributed by atoms with E-state index in [9.17, 15) is 14.5 Å². The Morgan fingerprint density at radius 1 is 1.42 bits per heavy atom. The van der Waals surface area contributed by atoms with Crippen LogP contribution in [-0.4, -0.2) is 27.5 Å². The van der Waals surface area contributed by atoms with Gasteiger partial charge in [0.2, 0.25) is 11.6 Å². The standard InChI is InChI=1S/C17H19ClFN5O2/c1-2-12-5-3-4-8-23(12)17-15(24(25)26)16(20-10-21-17)22-11-6-7-14(19)13(18)9-11/h6-7,9-10,12H,2-5,8H2,1H3,(H,20,21,22). The molecule has 1 atom stereocenters. The second-order valence-electron chi connectivity index (χ2n) is 6.16. The van der Waals surface area contributed by atoms with E-state index in [1.54, 1.807) is 0 Å². The first-order valence-corrected chi connectivity index (χ1v) is 8.87. The Morgan fingerprint density at radius 3 is 2.92 bits per heavy atom. The number of nitrogens with zero attached hydrogens (tertiary/aromatic N) is 4. The molecule has 0 saturated carbocycles. The largest absolute Gasteiger partial charge is 0.353 e. The van der Waals surface area contributed by atoms with Crippen LogP contribution in [0.25, 0.3) is 0 Å². The lowest BCUT2D eigenvalue weighted by Gasteiger charge is -2.35. The molecule has 0 aliphatic carbocycles. The first-order chi connectivity index (χ1) is 12.5. The van der Waals surface area contributed by atoms with Gasteiger partial charge in [-0.05, 0) is 43.9 Å². The lowest BCUT2D eigenvalue weighted by molar-refractivity contribution is -0.383. The summed E-state index contributed by atoms with van der Waals surface area (Å²) >= 11 is 5.78. The van der Waals surface area contributed by atoms with Crippen LogP contribution in [-0.2, 0) is 0 Å². The summed E-state index contributed by atoms with van der Waals surface area (Å²) in [6, 6.07) is 4.21. The highest BCUT2D eigenvalue weighted by Gasteiger charge is 2.31. The van der Waals surface area contributed by atoms with Crippen LogP contribution >= 0.6 is 11.6 Å². The number of hydrogen-bond donors (Lipinski definition) is 1. The molecule has 1 aromatic heterocycles. The van der Waals surface area contributed by atoms with Gasteiger partial charge < -0.3 is 10.2 Å². The number of halogens is 2. The van der Waals surface area contributed by atoms with Crippen molar-refractivity contribution in [2.45, 2.75) is 38.6 Å². The minimum absolute atomic E-state index is 0.0584. The van der Waals surface area contributed by atoms with E-state index in [2.05, 4.69) is 22.2 Å². The highest BCUT2D eigenvalue weighted by atomic mass is 35.5. The number of anilines is 3. The lowest BCUT2D eigenvalue weighted by Crippen LogP contribution is -2.40. The number of hydrogen-bond acceptors (Lipinski definition) is 6. The van der Waals surface area contributed by atoms with Crippen molar-refractivity contribution in [2.75, 3.05) is 16.8 Å². The maximum absolute atomic E-state index is 13.3. The molecule has 3 rings (SSSR count). The predicted octanol–water partition coefficient (Wildman–Crippen LogP) is 4.69. The highest BCUT2D eigenvalue weighted by Crippen LogP contribution is 2.37. The van der Waals surface area contributed by atoms with Crippen molar-refractivity contribution in [3.8, 4) is 0 Å². The molecular weight excluding hydrogens is 361 g/mol. The van der Waals surface area contributed by atoms with Crippen LogP contribution in [0.1, 0.15) is 32.6 Å². The van der Waals surface area contributed by atoms with Crippen LogP contribution in [0.5, 0.6) is 0 Å². The van der Waals surface area contributed by atoms with Crippen LogP contribution in [0.3, 0.4) is 0 Å². The van der Waals surface area contributed by atoms with Crippen LogP contribution in [0.4, 0.5) is 27.4 Å². The van der Waals surface area contributed by atoms with Gasteiger partial charge in [0.1, 0.15) is 12.1 Å². The number of benzene rings is 1. The molecule has 1 N–H and O–H groups in total. The number of rotatable bonds is 5. The zero-order valence-electron chi connectivity index (χ0n) is 14.3. The van der Waals surface area contributed by atoms with Gasteiger partial charge in [0.05, 0.1) is 9.95 Å². The van der Waals surface area contributed by atoms with Gasteiger partial charge in [0.25, 0.3) is 0 Å². The molecule has 2 aromatic rings. The summed E-state index contributed by atoms with van der Waals surface area (Å²) in [6.07, 6.45) is 5.24. The molecule has 0 spiro atoms. The second-order valence-corrected chi connectivity index (χ2v) is 6.56. The van der Waals surface area contributed by atoms with E-state index in [1.807, 2.05) is 4.90 Å². The molecule has 1 aliphatic rings. The van der Waals surface area contributed by atoms with Gasteiger partial charge in [-0.2, -0.15) is 0 Å². The molecule has 1 aromatic carbocycles. The zero-order valence-corrected chi connectivity index (χ0v) is 15.0. The van der Waals surface area contributed by atoms with E-state index in [4.69, 9.17) is 11.6 Å². The summed E-state index contributed by atoms with van der Waals surface area (Å²) in [6.45, 7) is 2.79. The van der Waals surface area contributed by atoms with Gasteiger partial charge in [-0.25, -0.2) is 14.4 Å². The van der Waals surface area contributed by atoms with E-state index in [0.717, 1.165) is 32.2 Å². The Morgan fingerprint density at radius 2 is 2.23 bits per heavy atom. The first-order valence-electron chi connectivity index (χ1n) is 8.49. The van der Waals surface area contributed by atoms with Gasteiger partial charge in [-0.3, -0.25) is 10.1 Å². The number of nitro groups is 1. The van der Waals surface area contributed by atoms with Gasteiger partial charge in [0.15, 0.2) is 0 Å². The molecule has 7 nitrogen and oxygen atoms in total. The summed E-state index contributed by atoms with van der Waals surface area (Å²) in [5.41, 5.74) is 0.225. The monoisotopic (exact) mass is 379 g/mol. The topological polar surface area (TPSA) is 84.2 Å². The smallest absolute Gasteiger partial charge is 0.348 e. The molecule has 1 aliphatic heterocycles. The molecule has 138 valence electrons. The Labute approximate surface area is 155 Å². The number of nitrogens with one attached hydrogen (secondary N) is 1. The third-order valence-corrected chi connectivity index (χ3v) is 4.83. The number of piperidine rings is 1. The van der Waals surface area contributed by atoms with Gasteiger partial charge in [0, 0.05) is 18.3 Å². The molecule has 1 fully saturated rings. The van der Waals surface area contributed by atoms with E-state index < -0.39 is 10.7 Å². The fourth-order valence-corrected chi connectivity index (χ4v) is 3.43. The van der Waals surface area contributed by atoms with Crippen LogP contribution in [0, 0.1) is 15.9 Å². The average molecular weight is 380 g/mol. The van der Waals surface area contributed by atoms with E-state index >= 15 is 0 Å². The van der Waals surface area contributed by atoms with Crippen molar-refractivity contribution < 1.29 is 9.31 Å². The Balaban J connectivity index is 2.00. The Kier molecular flexibility index (Phi) is 5.51. The zero-order chi connectivity index (χ0) is 18.7. The van der Waals surface area contributed by atoms with Gasteiger partial charge >= 0.3 is 5.69 Å².